The molecule has 1 N–H and O–H groups in total. The van der Waals surface area contributed by atoms with Crippen molar-refractivity contribution in [2.45, 2.75) is 32.9 Å². The van der Waals surface area contributed by atoms with Crippen molar-refractivity contribution in [2.75, 3.05) is 19.6 Å². The number of rotatable bonds is 5. The van der Waals surface area contributed by atoms with Gasteiger partial charge >= 0.3 is 0 Å². The predicted octanol–water partition coefficient (Wildman–Crippen LogP) is 2.38. The van der Waals surface area contributed by atoms with E-state index in [1.54, 1.807) is 0 Å². The Balaban J connectivity index is 1.74. The number of hydrogen-bond acceptors (Lipinski definition) is 3. The van der Waals surface area contributed by atoms with Crippen LogP contribution in [0.2, 0.25) is 0 Å². The van der Waals surface area contributed by atoms with Gasteiger partial charge < -0.3 is 10.2 Å². The summed E-state index contributed by atoms with van der Waals surface area (Å²) in [5.74, 6) is 0.765. The molecule has 1 aromatic rings. The highest BCUT2D eigenvalue weighted by Gasteiger charge is 2.23. The molecule has 2 rings (SSSR count). The molecule has 1 fully saturated rings. The van der Waals surface area contributed by atoms with Gasteiger partial charge in [0.15, 0.2) is 0 Å². The molecule has 0 saturated carbocycles. The summed E-state index contributed by atoms with van der Waals surface area (Å²) in [6.07, 6.45) is 1.30. The highest BCUT2D eigenvalue weighted by atomic mass is 15.2. The van der Waals surface area contributed by atoms with E-state index in [0.717, 1.165) is 24.6 Å². The lowest BCUT2D eigenvalue weighted by Gasteiger charge is -2.20. The van der Waals surface area contributed by atoms with Crippen LogP contribution in [0.3, 0.4) is 0 Å². The van der Waals surface area contributed by atoms with E-state index in [-0.39, 0.29) is 0 Å². The normalized spacial score (nSPS) is 19.8. The number of benzene rings is 1. The van der Waals surface area contributed by atoms with Crippen molar-refractivity contribution < 1.29 is 0 Å². The van der Waals surface area contributed by atoms with Gasteiger partial charge in [0.25, 0.3) is 0 Å². The molecule has 3 nitrogen and oxygen atoms in total. The number of nitrogens with zero attached hydrogens (tertiary/aromatic N) is 2. The van der Waals surface area contributed by atoms with E-state index in [0.29, 0.717) is 6.04 Å². The molecule has 1 heterocycles. The van der Waals surface area contributed by atoms with Gasteiger partial charge in [-0.3, -0.25) is 0 Å². The van der Waals surface area contributed by atoms with Crippen LogP contribution in [0, 0.1) is 17.2 Å². The van der Waals surface area contributed by atoms with Crippen LogP contribution in [0.1, 0.15) is 31.4 Å². The molecule has 0 aromatic heterocycles. The van der Waals surface area contributed by atoms with Crippen LogP contribution in [0.15, 0.2) is 24.3 Å². The maximum Gasteiger partial charge on any atom is 0.0991 e. The van der Waals surface area contributed by atoms with Crippen molar-refractivity contribution >= 4 is 0 Å². The molecule has 1 aliphatic rings. The first-order valence-corrected chi connectivity index (χ1v) is 7.13. The topological polar surface area (TPSA) is 39.1 Å². The zero-order valence-electron chi connectivity index (χ0n) is 11.9. The molecule has 0 spiro atoms. The summed E-state index contributed by atoms with van der Waals surface area (Å²) in [6, 6.07) is 10.7. The minimum absolute atomic E-state index is 0.664. The zero-order valence-corrected chi connectivity index (χ0v) is 11.9. The Kier molecular flexibility index (Phi) is 4.95. The highest BCUT2D eigenvalue weighted by Crippen LogP contribution is 2.17. The van der Waals surface area contributed by atoms with Gasteiger partial charge in [0.1, 0.15) is 0 Å². The minimum atomic E-state index is 0.664. The van der Waals surface area contributed by atoms with Gasteiger partial charge in [-0.1, -0.05) is 12.1 Å². The molecule has 0 amide bonds. The lowest BCUT2D eigenvalue weighted by Crippen LogP contribution is -2.30. The van der Waals surface area contributed by atoms with Crippen molar-refractivity contribution in [3.8, 4) is 6.07 Å². The molecular formula is C16H23N3. The lowest BCUT2D eigenvalue weighted by molar-refractivity contribution is 0.264. The second kappa shape index (κ2) is 6.70. The summed E-state index contributed by atoms with van der Waals surface area (Å²) in [6.45, 7) is 8.90. The van der Waals surface area contributed by atoms with Gasteiger partial charge in [-0.05, 0) is 57.0 Å². The first-order valence-electron chi connectivity index (χ1n) is 7.13. The van der Waals surface area contributed by atoms with E-state index in [1.807, 2.05) is 18.2 Å². The average Bonchev–Trinajstić information content (AvgIpc) is 2.88. The fourth-order valence-electron chi connectivity index (χ4n) is 2.67. The van der Waals surface area contributed by atoms with Crippen molar-refractivity contribution in [2.24, 2.45) is 5.92 Å². The second-order valence-corrected chi connectivity index (χ2v) is 5.69. The highest BCUT2D eigenvalue weighted by molar-refractivity contribution is 5.32. The van der Waals surface area contributed by atoms with Gasteiger partial charge in [-0.15, -0.1) is 0 Å². The van der Waals surface area contributed by atoms with Gasteiger partial charge in [0, 0.05) is 19.1 Å². The molecule has 0 radical (unpaired) electrons. The molecule has 0 aliphatic carbocycles. The third-order valence-electron chi connectivity index (χ3n) is 3.87. The molecule has 1 aliphatic heterocycles. The van der Waals surface area contributed by atoms with Crippen molar-refractivity contribution in [3.05, 3.63) is 35.4 Å². The van der Waals surface area contributed by atoms with Crippen molar-refractivity contribution in [3.63, 3.8) is 0 Å². The Hall–Kier alpha value is -1.37. The predicted molar refractivity (Wildman–Crippen MR) is 77.7 cm³/mol. The van der Waals surface area contributed by atoms with E-state index in [2.05, 4.69) is 36.2 Å². The quantitative estimate of drug-likeness (QED) is 0.880. The van der Waals surface area contributed by atoms with E-state index in [1.165, 1.54) is 25.1 Å². The fourth-order valence-corrected chi connectivity index (χ4v) is 2.67. The van der Waals surface area contributed by atoms with Crippen LogP contribution in [-0.4, -0.2) is 30.6 Å². The van der Waals surface area contributed by atoms with E-state index in [4.69, 9.17) is 5.26 Å². The van der Waals surface area contributed by atoms with Crippen molar-refractivity contribution in [1.82, 2.24) is 10.2 Å². The van der Waals surface area contributed by atoms with Crippen LogP contribution in [0.4, 0.5) is 0 Å². The number of nitrogens with one attached hydrogen (secondary N) is 1. The Labute approximate surface area is 116 Å². The molecule has 0 bridgehead atoms. The Morgan fingerprint density at radius 3 is 3.00 bits per heavy atom. The summed E-state index contributed by atoms with van der Waals surface area (Å²) in [5.41, 5.74) is 1.93. The molecule has 19 heavy (non-hydrogen) atoms. The maximum absolute atomic E-state index is 8.87. The molecule has 1 saturated heterocycles. The molecule has 1 atom stereocenters. The SMILES string of the molecule is CC(C)N1CCC(CNCc2cccc(C#N)c2)C1. The molecule has 1 aromatic carbocycles. The Morgan fingerprint density at radius 1 is 1.47 bits per heavy atom. The zero-order chi connectivity index (χ0) is 13.7. The smallest absolute Gasteiger partial charge is 0.0991 e. The van der Waals surface area contributed by atoms with Crippen molar-refractivity contribution in [1.29, 1.82) is 5.26 Å². The monoisotopic (exact) mass is 257 g/mol. The first-order chi connectivity index (χ1) is 9.19. The van der Waals surface area contributed by atoms with Gasteiger partial charge in [0.2, 0.25) is 0 Å². The van der Waals surface area contributed by atoms with E-state index in [9.17, 15) is 0 Å². The third kappa shape index (κ3) is 4.05. The average molecular weight is 257 g/mol. The van der Waals surface area contributed by atoms with Crippen LogP contribution < -0.4 is 5.32 Å². The van der Waals surface area contributed by atoms with Crippen LogP contribution >= 0.6 is 0 Å². The number of nitriles is 1. The summed E-state index contributed by atoms with van der Waals surface area (Å²) in [7, 11) is 0. The summed E-state index contributed by atoms with van der Waals surface area (Å²) < 4.78 is 0. The summed E-state index contributed by atoms with van der Waals surface area (Å²) >= 11 is 0. The number of likely N-dealkylation sites (tertiary alicyclic amines) is 1. The van der Waals surface area contributed by atoms with Crippen LogP contribution in [-0.2, 0) is 6.54 Å². The summed E-state index contributed by atoms with van der Waals surface area (Å²) in [5, 5.41) is 12.4. The molecule has 3 heteroatoms. The Bertz CT molecular complexity index is 448. The van der Waals surface area contributed by atoms with Gasteiger partial charge in [-0.2, -0.15) is 5.26 Å². The standard InChI is InChI=1S/C16H23N3/c1-13(2)19-7-6-16(12-19)11-18-10-15-5-3-4-14(8-15)9-17/h3-5,8,13,16,18H,6-7,10-12H2,1-2H3. The largest absolute Gasteiger partial charge is 0.312 e. The van der Waals surface area contributed by atoms with Crippen LogP contribution in [0.25, 0.3) is 0 Å². The van der Waals surface area contributed by atoms with Crippen LogP contribution in [0.5, 0.6) is 0 Å². The second-order valence-electron chi connectivity index (χ2n) is 5.69. The Morgan fingerprint density at radius 2 is 2.32 bits per heavy atom. The fraction of sp³-hybridized carbons (Fsp3) is 0.562. The minimum Gasteiger partial charge on any atom is -0.312 e. The third-order valence-corrected chi connectivity index (χ3v) is 3.87. The van der Waals surface area contributed by atoms with Gasteiger partial charge in [0.05, 0.1) is 11.6 Å². The molecule has 102 valence electrons. The summed E-state index contributed by atoms with van der Waals surface area (Å²) in [4.78, 5) is 2.54. The molecular weight excluding hydrogens is 234 g/mol. The number of hydrogen-bond donors (Lipinski definition) is 1. The lowest BCUT2D eigenvalue weighted by atomic mass is 10.1. The van der Waals surface area contributed by atoms with E-state index < -0.39 is 0 Å². The van der Waals surface area contributed by atoms with Gasteiger partial charge in [-0.25, -0.2) is 0 Å². The molecule has 1 unspecified atom stereocenters. The maximum atomic E-state index is 8.87. The van der Waals surface area contributed by atoms with E-state index >= 15 is 0 Å². The first kappa shape index (κ1) is 14.0.